The molecule has 1 N–H and O–H groups in total. The summed E-state index contributed by atoms with van der Waals surface area (Å²) in [6, 6.07) is 6.15. The maximum absolute atomic E-state index is 14.0. The molecule has 0 atom stereocenters. The number of halogens is 1. The van der Waals surface area contributed by atoms with Crippen LogP contribution < -0.4 is 4.74 Å². The molecular formula is C16H18FNO4. The van der Waals surface area contributed by atoms with Gasteiger partial charge in [-0.1, -0.05) is 6.07 Å². The Morgan fingerprint density at radius 1 is 1.27 bits per heavy atom. The maximum Gasteiger partial charge on any atom is 0.407 e. The minimum Gasteiger partial charge on any atom is -0.497 e. The number of hydrogen-bond acceptors (Lipinski definition) is 3. The molecule has 1 heterocycles. The lowest BCUT2D eigenvalue weighted by molar-refractivity contribution is 0.138. The van der Waals surface area contributed by atoms with Gasteiger partial charge < -0.3 is 14.3 Å². The number of carbonyl (C=O) groups is 1. The average molecular weight is 307 g/mol. The highest BCUT2D eigenvalue weighted by molar-refractivity contribution is 5.65. The highest BCUT2D eigenvalue weighted by Crippen LogP contribution is 2.21. The van der Waals surface area contributed by atoms with Gasteiger partial charge in [-0.2, -0.15) is 0 Å². The molecule has 0 aliphatic rings. The van der Waals surface area contributed by atoms with Crippen LogP contribution in [0.3, 0.4) is 0 Å². The second-order valence-corrected chi connectivity index (χ2v) is 5.03. The molecule has 5 nitrogen and oxygen atoms in total. The van der Waals surface area contributed by atoms with Crippen LogP contribution in [0.25, 0.3) is 0 Å². The zero-order valence-corrected chi connectivity index (χ0v) is 12.7. The number of nitrogens with zero attached hydrogens (tertiary/aromatic N) is 1. The molecule has 22 heavy (non-hydrogen) atoms. The van der Waals surface area contributed by atoms with Crippen LogP contribution in [0.1, 0.15) is 22.6 Å². The molecule has 0 saturated carbocycles. The van der Waals surface area contributed by atoms with E-state index in [9.17, 15) is 14.3 Å². The van der Waals surface area contributed by atoms with E-state index in [0.717, 1.165) is 10.5 Å². The fourth-order valence-corrected chi connectivity index (χ4v) is 2.23. The summed E-state index contributed by atoms with van der Waals surface area (Å²) in [4.78, 5) is 12.5. The topological polar surface area (TPSA) is 62.9 Å². The van der Waals surface area contributed by atoms with Crippen molar-refractivity contribution in [3.63, 3.8) is 0 Å². The number of ether oxygens (including phenoxy) is 1. The van der Waals surface area contributed by atoms with Crippen LogP contribution in [0.2, 0.25) is 0 Å². The molecule has 0 saturated heterocycles. The molecular weight excluding hydrogens is 289 g/mol. The van der Waals surface area contributed by atoms with Crippen molar-refractivity contribution in [3.05, 3.63) is 52.7 Å². The summed E-state index contributed by atoms with van der Waals surface area (Å²) in [7, 11) is 1.45. The van der Waals surface area contributed by atoms with Gasteiger partial charge >= 0.3 is 6.09 Å². The third kappa shape index (κ3) is 3.58. The Morgan fingerprint density at radius 3 is 2.45 bits per heavy atom. The first-order valence-electron chi connectivity index (χ1n) is 6.77. The molecule has 0 aliphatic carbocycles. The fraction of sp³-hybridized carbons (Fsp3) is 0.312. The normalized spacial score (nSPS) is 10.5. The van der Waals surface area contributed by atoms with Crippen LogP contribution in [0.15, 0.2) is 28.7 Å². The van der Waals surface area contributed by atoms with E-state index in [0.29, 0.717) is 22.8 Å². The number of furan rings is 1. The second kappa shape index (κ2) is 6.51. The lowest BCUT2D eigenvalue weighted by atomic mass is 10.1. The van der Waals surface area contributed by atoms with Crippen LogP contribution in [-0.2, 0) is 13.1 Å². The van der Waals surface area contributed by atoms with Gasteiger partial charge in [0.1, 0.15) is 23.1 Å². The van der Waals surface area contributed by atoms with Crippen molar-refractivity contribution in [1.29, 1.82) is 0 Å². The molecule has 1 aromatic carbocycles. The molecule has 1 aromatic heterocycles. The summed E-state index contributed by atoms with van der Waals surface area (Å²) in [6.45, 7) is 3.67. The van der Waals surface area contributed by atoms with Crippen LogP contribution in [0, 0.1) is 19.7 Å². The first-order chi connectivity index (χ1) is 10.4. The Morgan fingerprint density at radius 2 is 1.95 bits per heavy atom. The van der Waals surface area contributed by atoms with Gasteiger partial charge in [-0.15, -0.1) is 0 Å². The number of amides is 1. The van der Waals surface area contributed by atoms with Crippen molar-refractivity contribution in [3.8, 4) is 5.75 Å². The monoisotopic (exact) mass is 307 g/mol. The van der Waals surface area contributed by atoms with Gasteiger partial charge in [0, 0.05) is 17.2 Å². The SMILES string of the molecule is COc1ccc(CN(Cc2cc(C)oc2C)C(=O)O)c(F)c1. The van der Waals surface area contributed by atoms with Crippen LogP contribution in [0.4, 0.5) is 9.18 Å². The second-order valence-electron chi connectivity index (χ2n) is 5.03. The van der Waals surface area contributed by atoms with Gasteiger partial charge in [-0.25, -0.2) is 9.18 Å². The predicted octanol–water partition coefficient (Wildman–Crippen LogP) is 3.72. The van der Waals surface area contributed by atoms with Gasteiger partial charge in [0.25, 0.3) is 0 Å². The first-order valence-corrected chi connectivity index (χ1v) is 6.77. The summed E-state index contributed by atoms with van der Waals surface area (Å²) in [5.74, 6) is 1.28. The Kier molecular flexibility index (Phi) is 4.70. The number of aryl methyl sites for hydroxylation is 2. The molecule has 2 aromatic rings. The zero-order valence-electron chi connectivity index (χ0n) is 12.7. The Balaban J connectivity index is 2.19. The van der Waals surface area contributed by atoms with Crippen molar-refractivity contribution >= 4 is 6.09 Å². The minimum absolute atomic E-state index is 0.0468. The van der Waals surface area contributed by atoms with Gasteiger partial charge in [-0.3, -0.25) is 4.90 Å². The van der Waals surface area contributed by atoms with Gasteiger partial charge in [-0.05, 0) is 26.0 Å². The lowest BCUT2D eigenvalue weighted by Crippen LogP contribution is -2.28. The van der Waals surface area contributed by atoms with Crippen LogP contribution in [-0.4, -0.2) is 23.2 Å². The zero-order chi connectivity index (χ0) is 16.3. The van der Waals surface area contributed by atoms with Gasteiger partial charge in [0.2, 0.25) is 0 Å². The molecule has 2 rings (SSSR count). The summed E-state index contributed by atoms with van der Waals surface area (Å²) in [6.07, 6.45) is -1.12. The largest absolute Gasteiger partial charge is 0.497 e. The fourth-order valence-electron chi connectivity index (χ4n) is 2.23. The lowest BCUT2D eigenvalue weighted by Gasteiger charge is -2.19. The molecule has 6 heteroatoms. The molecule has 0 spiro atoms. The third-order valence-corrected chi connectivity index (χ3v) is 3.40. The van der Waals surface area contributed by atoms with E-state index in [1.54, 1.807) is 26.0 Å². The molecule has 0 radical (unpaired) electrons. The van der Waals surface area contributed by atoms with Crippen LogP contribution in [0.5, 0.6) is 5.75 Å². The molecule has 1 amide bonds. The van der Waals surface area contributed by atoms with E-state index >= 15 is 0 Å². The van der Waals surface area contributed by atoms with Crippen molar-refractivity contribution in [2.75, 3.05) is 7.11 Å². The molecule has 0 aliphatic heterocycles. The van der Waals surface area contributed by atoms with Crippen molar-refractivity contribution in [1.82, 2.24) is 4.90 Å². The summed E-state index contributed by atoms with van der Waals surface area (Å²) in [5, 5.41) is 9.33. The van der Waals surface area contributed by atoms with Gasteiger partial charge in [0.05, 0.1) is 20.2 Å². The minimum atomic E-state index is -1.12. The van der Waals surface area contributed by atoms with E-state index in [2.05, 4.69) is 0 Å². The number of carboxylic acid groups (broad SMARTS) is 1. The smallest absolute Gasteiger partial charge is 0.407 e. The van der Waals surface area contributed by atoms with E-state index in [1.807, 2.05) is 0 Å². The van der Waals surface area contributed by atoms with Crippen molar-refractivity contribution < 1.29 is 23.4 Å². The predicted molar refractivity (Wildman–Crippen MR) is 78.4 cm³/mol. The van der Waals surface area contributed by atoms with Crippen molar-refractivity contribution in [2.24, 2.45) is 0 Å². The summed E-state index contributed by atoms with van der Waals surface area (Å²) < 4.78 is 24.3. The first kappa shape index (κ1) is 15.9. The Labute approximate surface area is 127 Å². The number of benzene rings is 1. The quantitative estimate of drug-likeness (QED) is 0.914. The van der Waals surface area contributed by atoms with E-state index < -0.39 is 11.9 Å². The Hall–Kier alpha value is -2.50. The summed E-state index contributed by atoms with van der Waals surface area (Å²) >= 11 is 0. The standard InChI is InChI=1S/C16H18FNO4/c1-10-6-13(11(2)22-10)9-18(16(19)20)8-12-4-5-14(21-3)7-15(12)17/h4-7H,8-9H2,1-3H3,(H,19,20). The van der Waals surface area contributed by atoms with E-state index in [1.165, 1.54) is 19.2 Å². The van der Waals surface area contributed by atoms with E-state index in [-0.39, 0.29) is 13.1 Å². The Bertz CT molecular complexity index is 681. The number of rotatable bonds is 5. The highest BCUT2D eigenvalue weighted by Gasteiger charge is 2.18. The molecule has 0 unspecified atom stereocenters. The highest BCUT2D eigenvalue weighted by atomic mass is 19.1. The van der Waals surface area contributed by atoms with E-state index in [4.69, 9.17) is 9.15 Å². The van der Waals surface area contributed by atoms with Crippen molar-refractivity contribution in [2.45, 2.75) is 26.9 Å². The average Bonchev–Trinajstić information content (AvgIpc) is 2.77. The van der Waals surface area contributed by atoms with Gasteiger partial charge in [0.15, 0.2) is 0 Å². The third-order valence-electron chi connectivity index (χ3n) is 3.40. The number of methoxy groups -OCH3 is 1. The molecule has 0 bridgehead atoms. The van der Waals surface area contributed by atoms with Crippen LogP contribution >= 0.6 is 0 Å². The maximum atomic E-state index is 14.0. The number of hydrogen-bond donors (Lipinski definition) is 1. The molecule has 118 valence electrons. The summed E-state index contributed by atoms with van der Waals surface area (Å²) in [5.41, 5.74) is 1.06. The molecule has 0 fully saturated rings.